The quantitative estimate of drug-likeness (QED) is 0.725. The first-order valence-electron chi connectivity index (χ1n) is 6.90. The molecule has 2 unspecified atom stereocenters. The lowest BCUT2D eigenvalue weighted by Gasteiger charge is -2.29. The van der Waals surface area contributed by atoms with E-state index in [1.54, 1.807) is 0 Å². The van der Waals surface area contributed by atoms with Crippen molar-refractivity contribution in [3.8, 4) is 0 Å². The number of hydrogen-bond acceptors (Lipinski definition) is 2. The normalized spacial score (nSPS) is 24.9. The molecule has 0 amide bonds. The van der Waals surface area contributed by atoms with Crippen LogP contribution in [0.4, 0.5) is 0 Å². The molecule has 1 N–H and O–H groups in total. The molecular formula is C14H30N2. The molecule has 0 aromatic rings. The van der Waals surface area contributed by atoms with Gasteiger partial charge in [0.1, 0.15) is 0 Å². The van der Waals surface area contributed by atoms with Crippen molar-refractivity contribution in [2.24, 2.45) is 11.3 Å². The summed E-state index contributed by atoms with van der Waals surface area (Å²) in [6.07, 6.45) is 2.67. The number of rotatable bonds is 5. The summed E-state index contributed by atoms with van der Waals surface area (Å²) in [5.41, 5.74) is 0.482. The van der Waals surface area contributed by atoms with Gasteiger partial charge >= 0.3 is 0 Å². The highest BCUT2D eigenvalue weighted by Crippen LogP contribution is 2.34. The van der Waals surface area contributed by atoms with Crippen molar-refractivity contribution in [2.75, 3.05) is 26.2 Å². The van der Waals surface area contributed by atoms with Gasteiger partial charge in [0.15, 0.2) is 0 Å². The molecule has 96 valence electrons. The zero-order valence-electron chi connectivity index (χ0n) is 11.8. The van der Waals surface area contributed by atoms with Gasteiger partial charge in [-0.3, -0.25) is 0 Å². The molecule has 1 fully saturated rings. The first-order chi connectivity index (χ1) is 7.45. The van der Waals surface area contributed by atoms with Crippen LogP contribution in [0, 0.1) is 11.3 Å². The van der Waals surface area contributed by atoms with E-state index < -0.39 is 0 Å². The monoisotopic (exact) mass is 226 g/mol. The average molecular weight is 226 g/mol. The summed E-state index contributed by atoms with van der Waals surface area (Å²) in [7, 11) is 0. The number of nitrogens with one attached hydrogen (secondary N) is 1. The Hall–Kier alpha value is -0.0800. The van der Waals surface area contributed by atoms with Gasteiger partial charge in [-0.15, -0.1) is 0 Å². The van der Waals surface area contributed by atoms with E-state index in [-0.39, 0.29) is 0 Å². The summed E-state index contributed by atoms with van der Waals surface area (Å²) >= 11 is 0. The molecule has 0 aliphatic carbocycles. The van der Waals surface area contributed by atoms with Gasteiger partial charge in [-0.25, -0.2) is 0 Å². The third kappa shape index (κ3) is 4.06. The lowest BCUT2D eigenvalue weighted by Crippen LogP contribution is -2.35. The fourth-order valence-electron chi connectivity index (χ4n) is 2.56. The highest BCUT2D eigenvalue weighted by molar-refractivity contribution is 4.86. The fourth-order valence-corrected chi connectivity index (χ4v) is 2.56. The number of likely N-dealkylation sites (tertiary alicyclic amines) is 1. The topological polar surface area (TPSA) is 15.3 Å². The Bertz CT molecular complexity index is 195. The summed E-state index contributed by atoms with van der Waals surface area (Å²) in [6.45, 7) is 16.6. The highest BCUT2D eigenvalue weighted by Gasteiger charge is 2.33. The maximum atomic E-state index is 3.42. The molecule has 2 nitrogen and oxygen atoms in total. The van der Waals surface area contributed by atoms with Gasteiger partial charge in [0.2, 0.25) is 0 Å². The molecule has 0 saturated carbocycles. The minimum atomic E-state index is 0.482. The van der Waals surface area contributed by atoms with Gasteiger partial charge in [-0.1, -0.05) is 27.7 Å². The lowest BCUT2D eigenvalue weighted by molar-refractivity contribution is 0.196. The van der Waals surface area contributed by atoms with Gasteiger partial charge in [-0.05, 0) is 50.7 Å². The Morgan fingerprint density at radius 3 is 2.56 bits per heavy atom. The van der Waals surface area contributed by atoms with Crippen LogP contribution in [-0.4, -0.2) is 37.1 Å². The van der Waals surface area contributed by atoms with Crippen LogP contribution in [0.3, 0.4) is 0 Å². The molecule has 16 heavy (non-hydrogen) atoms. The Morgan fingerprint density at radius 1 is 1.38 bits per heavy atom. The predicted octanol–water partition coefficient (Wildman–Crippen LogP) is 2.74. The molecule has 1 aliphatic rings. The Kier molecular flexibility index (Phi) is 5.26. The third-order valence-electron chi connectivity index (χ3n) is 4.06. The van der Waals surface area contributed by atoms with Crippen molar-refractivity contribution in [3.05, 3.63) is 0 Å². The minimum Gasteiger partial charge on any atom is -0.317 e. The van der Waals surface area contributed by atoms with Crippen molar-refractivity contribution in [1.82, 2.24) is 10.2 Å². The Morgan fingerprint density at radius 2 is 2.06 bits per heavy atom. The second-order valence-corrected chi connectivity index (χ2v) is 6.34. The molecule has 0 spiro atoms. The van der Waals surface area contributed by atoms with E-state index >= 15 is 0 Å². The van der Waals surface area contributed by atoms with Crippen LogP contribution in [0.5, 0.6) is 0 Å². The summed E-state index contributed by atoms with van der Waals surface area (Å²) in [5.74, 6) is 0.883. The van der Waals surface area contributed by atoms with E-state index in [1.807, 2.05) is 0 Å². The van der Waals surface area contributed by atoms with Crippen LogP contribution < -0.4 is 5.32 Å². The zero-order chi connectivity index (χ0) is 12.2. The molecule has 0 radical (unpaired) electrons. The van der Waals surface area contributed by atoms with Crippen LogP contribution in [0.2, 0.25) is 0 Å². The molecule has 1 aliphatic heterocycles. The second kappa shape index (κ2) is 6.02. The maximum Gasteiger partial charge on any atom is 0.00791 e. The minimum absolute atomic E-state index is 0.482. The summed E-state index contributed by atoms with van der Waals surface area (Å²) < 4.78 is 0. The van der Waals surface area contributed by atoms with Gasteiger partial charge in [-0.2, -0.15) is 0 Å². The van der Waals surface area contributed by atoms with Crippen molar-refractivity contribution in [2.45, 2.75) is 53.5 Å². The summed E-state index contributed by atoms with van der Waals surface area (Å²) in [5, 5.41) is 3.42. The molecular weight excluding hydrogens is 196 g/mol. The second-order valence-electron chi connectivity index (χ2n) is 6.34. The fraction of sp³-hybridized carbons (Fsp3) is 1.00. The van der Waals surface area contributed by atoms with Gasteiger partial charge in [0.25, 0.3) is 0 Å². The SMILES string of the molecule is CCNCCC(C)N1CCC(C(C)(C)C)C1. The zero-order valence-corrected chi connectivity index (χ0v) is 11.8. The highest BCUT2D eigenvalue weighted by atomic mass is 15.2. The van der Waals surface area contributed by atoms with E-state index in [1.165, 1.54) is 25.9 Å². The Balaban J connectivity index is 2.29. The third-order valence-corrected chi connectivity index (χ3v) is 4.06. The van der Waals surface area contributed by atoms with Gasteiger partial charge < -0.3 is 10.2 Å². The number of hydrogen-bond donors (Lipinski definition) is 1. The molecule has 0 aromatic heterocycles. The first kappa shape index (κ1) is 14.0. The molecule has 1 heterocycles. The molecule has 2 heteroatoms. The van der Waals surface area contributed by atoms with Crippen molar-refractivity contribution in [3.63, 3.8) is 0 Å². The smallest absolute Gasteiger partial charge is 0.00791 e. The van der Waals surface area contributed by atoms with E-state index in [4.69, 9.17) is 0 Å². The average Bonchev–Trinajstić information content (AvgIpc) is 2.66. The van der Waals surface area contributed by atoms with Crippen molar-refractivity contribution >= 4 is 0 Å². The van der Waals surface area contributed by atoms with Crippen LogP contribution in [0.15, 0.2) is 0 Å². The van der Waals surface area contributed by atoms with Crippen LogP contribution in [-0.2, 0) is 0 Å². The van der Waals surface area contributed by atoms with E-state index in [2.05, 4.69) is 44.8 Å². The molecule has 2 atom stereocenters. The van der Waals surface area contributed by atoms with Crippen LogP contribution >= 0.6 is 0 Å². The van der Waals surface area contributed by atoms with Crippen LogP contribution in [0.1, 0.15) is 47.5 Å². The predicted molar refractivity (Wildman–Crippen MR) is 71.8 cm³/mol. The summed E-state index contributed by atoms with van der Waals surface area (Å²) in [4.78, 5) is 2.67. The molecule has 1 rings (SSSR count). The largest absolute Gasteiger partial charge is 0.317 e. The molecule has 1 saturated heterocycles. The summed E-state index contributed by atoms with van der Waals surface area (Å²) in [6, 6.07) is 0.742. The van der Waals surface area contributed by atoms with E-state index in [0.717, 1.165) is 25.0 Å². The van der Waals surface area contributed by atoms with Gasteiger partial charge in [0.05, 0.1) is 0 Å². The lowest BCUT2D eigenvalue weighted by atomic mass is 9.80. The standard InChI is InChI=1S/C14H30N2/c1-6-15-9-7-12(2)16-10-8-13(11-16)14(3,4)5/h12-13,15H,6-11H2,1-5H3. The van der Waals surface area contributed by atoms with Crippen molar-refractivity contribution < 1.29 is 0 Å². The maximum absolute atomic E-state index is 3.42. The first-order valence-corrected chi connectivity index (χ1v) is 6.90. The number of nitrogens with zero attached hydrogens (tertiary/aromatic N) is 1. The van der Waals surface area contributed by atoms with E-state index in [0.29, 0.717) is 5.41 Å². The Labute approximate surface area is 102 Å². The molecule has 0 bridgehead atoms. The van der Waals surface area contributed by atoms with Crippen LogP contribution in [0.25, 0.3) is 0 Å². The van der Waals surface area contributed by atoms with E-state index in [9.17, 15) is 0 Å². The van der Waals surface area contributed by atoms with Gasteiger partial charge in [0, 0.05) is 12.6 Å². The molecule has 0 aromatic carbocycles. The van der Waals surface area contributed by atoms with Crippen molar-refractivity contribution in [1.29, 1.82) is 0 Å².